The lowest BCUT2D eigenvalue weighted by atomic mass is 10.1. The Morgan fingerprint density at radius 1 is 1.19 bits per heavy atom. The fourth-order valence-corrected chi connectivity index (χ4v) is 2.15. The fourth-order valence-electron chi connectivity index (χ4n) is 2.15. The molecule has 0 aliphatic heterocycles. The lowest BCUT2D eigenvalue weighted by Crippen LogP contribution is -2.54. The molecule has 1 rings (SSSR count). The van der Waals surface area contributed by atoms with E-state index in [0.29, 0.717) is 18.4 Å². The molecule has 10 nitrogen and oxygen atoms in total. The van der Waals surface area contributed by atoms with E-state index in [2.05, 4.69) is 10.7 Å². The standard InChI is InChI=1S/C16H26N6O4/c1-4-8-13(17)21(25)22(26)18-11-14(23)19-15(16(24)20(2)3)12-9-6-5-7-10-12/h5-7,9-10,13,15,18H,4,8,11,17H2,1-3H3,(H,19,23)/q-2. The molecule has 2 atom stereocenters. The Bertz CT molecular complexity index is 571. The van der Waals surface area contributed by atoms with Crippen molar-refractivity contribution in [1.82, 2.24) is 26.1 Å². The molecule has 4 N–H and O–H groups in total. The second-order valence-corrected chi connectivity index (χ2v) is 5.91. The molecule has 26 heavy (non-hydrogen) atoms. The molecule has 0 bridgehead atoms. The van der Waals surface area contributed by atoms with Crippen molar-refractivity contribution in [3.05, 3.63) is 46.3 Å². The van der Waals surface area contributed by atoms with Crippen molar-refractivity contribution < 1.29 is 9.59 Å². The first-order chi connectivity index (χ1) is 12.3. The largest absolute Gasteiger partial charge is 0.770 e. The quantitative estimate of drug-likeness (QED) is 0.389. The van der Waals surface area contributed by atoms with Crippen molar-refractivity contribution in [2.75, 3.05) is 20.6 Å². The molecule has 2 unspecified atom stereocenters. The zero-order valence-electron chi connectivity index (χ0n) is 15.2. The number of likely N-dealkylation sites (N-methyl/N-ethyl adjacent to an activating group) is 1. The van der Waals surface area contributed by atoms with Gasteiger partial charge in [0, 0.05) is 14.1 Å². The van der Waals surface area contributed by atoms with E-state index >= 15 is 0 Å². The van der Waals surface area contributed by atoms with Crippen LogP contribution in [0, 0.1) is 10.4 Å². The second kappa shape index (κ2) is 10.8. The molecule has 146 valence electrons. The number of nitrogens with one attached hydrogen (secondary N) is 2. The van der Waals surface area contributed by atoms with Crippen molar-refractivity contribution in [1.29, 1.82) is 0 Å². The Balaban J connectivity index is 2.66. The summed E-state index contributed by atoms with van der Waals surface area (Å²) in [7, 11) is 3.15. The summed E-state index contributed by atoms with van der Waals surface area (Å²) in [6, 6.07) is 7.82. The minimum Gasteiger partial charge on any atom is -0.770 e. The van der Waals surface area contributed by atoms with Gasteiger partial charge in [-0.15, -0.1) is 0 Å². The number of nitrogens with zero attached hydrogens (tertiary/aromatic N) is 3. The lowest BCUT2D eigenvalue weighted by molar-refractivity contribution is -0.135. The molecule has 0 aliphatic rings. The number of amides is 2. The van der Waals surface area contributed by atoms with Crippen LogP contribution in [-0.2, 0) is 9.59 Å². The summed E-state index contributed by atoms with van der Waals surface area (Å²) in [5.74, 6) is -0.939. The van der Waals surface area contributed by atoms with Gasteiger partial charge in [0.05, 0.1) is 12.7 Å². The molecule has 1 aromatic carbocycles. The van der Waals surface area contributed by atoms with E-state index in [1.807, 2.05) is 6.92 Å². The topological polar surface area (TPSA) is 140 Å². The highest BCUT2D eigenvalue weighted by Gasteiger charge is 2.24. The number of nitrogens with two attached hydrogens (primary N) is 1. The molecule has 0 saturated carbocycles. The summed E-state index contributed by atoms with van der Waals surface area (Å²) in [6.07, 6.45) is -0.0242. The minimum absolute atomic E-state index is 0.0242. The van der Waals surface area contributed by atoms with E-state index in [1.54, 1.807) is 44.4 Å². The number of carbonyl (C=O) groups is 2. The van der Waals surface area contributed by atoms with Crippen molar-refractivity contribution >= 4 is 11.8 Å². The summed E-state index contributed by atoms with van der Waals surface area (Å²) in [5.41, 5.74) is 8.27. The highest BCUT2D eigenvalue weighted by atomic mass is 16.7. The van der Waals surface area contributed by atoms with Gasteiger partial charge in [-0.05, 0) is 12.0 Å². The number of hydrogen-bond donors (Lipinski definition) is 3. The number of carbonyl (C=O) groups excluding carboxylic acids is 2. The van der Waals surface area contributed by atoms with Gasteiger partial charge in [0.25, 0.3) is 0 Å². The molecule has 0 saturated heterocycles. The highest BCUT2D eigenvalue weighted by Crippen LogP contribution is 2.14. The maximum absolute atomic E-state index is 12.3. The zero-order valence-corrected chi connectivity index (χ0v) is 15.2. The smallest absolute Gasteiger partial charge is 0.249 e. The average molecular weight is 366 g/mol. The van der Waals surface area contributed by atoms with Gasteiger partial charge in [-0.3, -0.25) is 14.9 Å². The summed E-state index contributed by atoms with van der Waals surface area (Å²) < 4.78 is 0. The highest BCUT2D eigenvalue weighted by molar-refractivity contribution is 5.89. The molecule has 10 heteroatoms. The van der Waals surface area contributed by atoms with Gasteiger partial charge in [-0.25, -0.2) is 5.43 Å². The number of rotatable bonds is 10. The average Bonchev–Trinajstić information content (AvgIpc) is 2.63. The van der Waals surface area contributed by atoms with Gasteiger partial charge in [0.15, 0.2) is 0 Å². The maximum Gasteiger partial charge on any atom is 0.249 e. The van der Waals surface area contributed by atoms with Crippen LogP contribution in [0.4, 0.5) is 0 Å². The van der Waals surface area contributed by atoms with Gasteiger partial charge < -0.3 is 31.5 Å². The second-order valence-electron chi connectivity index (χ2n) is 5.91. The van der Waals surface area contributed by atoms with Crippen molar-refractivity contribution in [2.45, 2.75) is 32.0 Å². The van der Waals surface area contributed by atoms with E-state index < -0.39 is 24.7 Å². The predicted molar refractivity (Wildman–Crippen MR) is 97.3 cm³/mol. The van der Waals surface area contributed by atoms with Crippen molar-refractivity contribution in [3.63, 3.8) is 0 Å². The van der Waals surface area contributed by atoms with Gasteiger partial charge in [0.2, 0.25) is 11.8 Å². The van der Waals surface area contributed by atoms with Crippen LogP contribution in [0.3, 0.4) is 0 Å². The third-order valence-corrected chi connectivity index (χ3v) is 3.55. The van der Waals surface area contributed by atoms with Crippen molar-refractivity contribution in [2.24, 2.45) is 5.73 Å². The number of hydrogen-bond acceptors (Lipinski definition) is 8. The maximum atomic E-state index is 12.3. The molecular formula is C16H26N6O4-2. The minimum atomic E-state index is -1.000. The van der Waals surface area contributed by atoms with Crippen LogP contribution in [-0.4, -0.2) is 54.0 Å². The summed E-state index contributed by atoms with van der Waals surface area (Å²) >= 11 is 0. The number of hydroxylamine groups is 1. The normalized spacial score (nSPS) is 13.5. The van der Waals surface area contributed by atoms with Crippen LogP contribution in [0.5, 0.6) is 0 Å². The van der Waals surface area contributed by atoms with E-state index in [9.17, 15) is 20.0 Å². The van der Waals surface area contributed by atoms with Gasteiger partial charge >= 0.3 is 0 Å². The van der Waals surface area contributed by atoms with E-state index in [4.69, 9.17) is 5.73 Å². The first-order valence-electron chi connectivity index (χ1n) is 8.26. The summed E-state index contributed by atoms with van der Waals surface area (Å²) in [4.78, 5) is 25.8. The number of hydrazine groups is 2. The third kappa shape index (κ3) is 6.67. The SMILES string of the molecule is CCCC(N)N([O-])N([O-])NCC(=O)NC(C(=O)N(C)C)c1ccccc1. The Labute approximate surface area is 153 Å². The van der Waals surface area contributed by atoms with Crippen molar-refractivity contribution in [3.8, 4) is 0 Å². The molecule has 0 fully saturated rings. The fraction of sp³-hybridized carbons (Fsp3) is 0.500. The molecule has 0 heterocycles. The van der Waals surface area contributed by atoms with Crippen LogP contribution in [0.1, 0.15) is 31.4 Å². The van der Waals surface area contributed by atoms with Crippen LogP contribution < -0.4 is 16.5 Å². The Morgan fingerprint density at radius 3 is 2.35 bits per heavy atom. The first kappa shape index (κ1) is 22.0. The Hall–Kier alpha value is -2.08. The molecule has 0 aliphatic carbocycles. The number of benzene rings is 1. The summed E-state index contributed by atoms with van der Waals surface area (Å²) in [6.45, 7) is 1.35. The predicted octanol–water partition coefficient (Wildman–Crippen LogP) is 0.0362. The molecular weight excluding hydrogens is 340 g/mol. The van der Waals surface area contributed by atoms with Gasteiger partial charge in [-0.1, -0.05) is 43.7 Å². The van der Waals surface area contributed by atoms with Crippen LogP contribution >= 0.6 is 0 Å². The first-order valence-corrected chi connectivity index (χ1v) is 8.26. The molecule has 1 aromatic rings. The third-order valence-electron chi connectivity index (χ3n) is 3.55. The molecule has 2 amide bonds. The van der Waals surface area contributed by atoms with Crippen LogP contribution in [0.2, 0.25) is 0 Å². The van der Waals surface area contributed by atoms with Crippen LogP contribution in [0.25, 0.3) is 0 Å². The lowest BCUT2D eigenvalue weighted by Gasteiger charge is -2.47. The van der Waals surface area contributed by atoms with E-state index in [1.165, 1.54) is 4.90 Å². The monoisotopic (exact) mass is 366 g/mol. The van der Waals surface area contributed by atoms with Gasteiger partial charge in [-0.2, -0.15) is 0 Å². The Kier molecular flexibility index (Phi) is 9.13. The molecule has 0 radical (unpaired) electrons. The van der Waals surface area contributed by atoms with E-state index in [0.717, 1.165) is 0 Å². The molecule has 0 spiro atoms. The zero-order chi connectivity index (χ0) is 19.7. The van der Waals surface area contributed by atoms with Gasteiger partial charge in [0.1, 0.15) is 6.04 Å². The molecule has 0 aromatic heterocycles. The summed E-state index contributed by atoms with van der Waals surface area (Å²) in [5, 5.41) is 25.7. The Morgan fingerprint density at radius 2 is 1.81 bits per heavy atom. The van der Waals surface area contributed by atoms with Crippen LogP contribution in [0.15, 0.2) is 30.3 Å². The van der Waals surface area contributed by atoms with E-state index in [-0.39, 0.29) is 16.4 Å².